The van der Waals surface area contributed by atoms with Gasteiger partial charge in [0.1, 0.15) is 5.82 Å². The quantitative estimate of drug-likeness (QED) is 0.263. The molecule has 3 aromatic carbocycles. The van der Waals surface area contributed by atoms with Crippen LogP contribution >= 0.6 is 35.0 Å². The molecule has 0 atom stereocenters. The van der Waals surface area contributed by atoms with Crippen LogP contribution in [0.1, 0.15) is 16.7 Å². The average molecular weight is 511 g/mol. The number of para-hydroxylation sites is 1. The molecule has 34 heavy (non-hydrogen) atoms. The van der Waals surface area contributed by atoms with Gasteiger partial charge >= 0.3 is 0 Å². The van der Waals surface area contributed by atoms with Crippen molar-refractivity contribution in [2.75, 3.05) is 0 Å². The van der Waals surface area contributed by atoms with Crippen molar-refractivity contribution < 1.29 is 14.0 Å². The Labute approximate surface area is 209 Å². The zero-order valence-electron chi connectivity index (χ0n) is 17.7. The molecule has 1 fully saturated rings. The Morgan fingerprint density at radius 1 is 0.941 bits per heavy atom. The largest absolute Gasteiger partial charge is 0.342 e. The van der Waals surface area contributed by atoms with E-state index in [1.807, 2.05) is 54.7 Å². The van der Waals surface area contributed by atoms with Crippen molar-refractivity contribution in [2.24, 2.45) is 0 Å². The first-order valence-corrected chi connectivity index (χ1v) is 12.0. The number of benzene rings is 3. The van der Waals surface area contributed by atoms with Crippen LogP contribution in [0, 0.1) is 5.82 Å². The molecule has 4 nitrogen and oxygen atoms in total. The number of carbonyl (C=O) groups is 2. The number of nitrogens with zero attached hydrogens (tertiary/aromatic N) is 2. The molecule has 0 radical (unpaired) electrons. The zero-order chi connectivity index (χ0) is 23.8. The van der Waals surface area contributed by atoms with Gasteiger partial charge in [0, 0.05) is 39.3 Å². The van der Waals surface area contributed by atoms with E-state index < -0.39 is 11.7 Å². The number of carbonyl (C=O) groups excluding carboxylic acids is 2. The Bertz CT molecular complexity index is 1480. The van der Waals surface area contributed by atoms with Crippen molar-refractivity contribution >= 4 is 63.1 Å². The van der Waals surface area contributed by atoms with E-state index in [1.54, 1.807) is 6.08 Å². The van der Waals surface area contributed by atoms with Crippen LogP contribution in [0.4, 0.5) is 9.18 Å². The lowest BCUT2D eigenvalue weighted by atomic mass is 10.1. The van der Waals surface area contributed by atoms with Gasteiger partial charge < -0.3 is 4.57 Å². The molecule has 2 heterocycles. The maximum atomic E-state index is 13.4. The fourth-order valence-electron chi connectivity index (χ4n) is 3.95. The Hall–Kier alpha value is -3.06. The molecule has 1 aliphatic rings. The summed E-state index contributed by atoms with van der Waals surface area (Å²) in [6, 6.07) is 19.5. The summed E-state index contributed by atoms with van der Waals surface area (Å²) in [7, 11) is 0. The number of thioether (sulfide) groups is 1. The monoisotopic (exact) mass is 510 g/mol. The molecule has 0 N–H and O–H groups in total. The number of aromatic nitrogens is 1. The van der Waals surface area contributed by atoms with E-state index in [0.29, 0.717) is 22.0 Å². The van der Waals surface area contributed by atoms with Crippen LogP contribution < -0.4 is 0 Å². The molecule has 1 aromatic heterocycles. The first kappa shape index (κ1) is 22.7. The normalized spacial score (nSPS) is 15.1. The minimum absolute atomic E-state index is 0.0162. The summed E-state index contributed by atoms with van der Waals surface area (Å²) in [4.78, 5) is 27.1. The second-order valence-corrected chi connectivity index (χ2v) is 9.70. The highest BCUT2D eigenvalue weighted by Crippen LogP contribution is 2.36. The van der Waals surface area contributed by atoms with E-state index in [0.717, 1.165) is 38.7 Å². The predicted octanol–water partition coefficient (Wildman–Crippen LogP) is 7.37. The van der Waals surface area contributed by atoms with Crippen molar-refractivity contribution in [1.29, 1.82) is 0 Å². The van der Waals surface area contributed by atoms with Gasteiger partial charge in [-0.1, -0.05) is 59.6 Å². The van der Waals surface area contributed by atoms with Gasteiger partial charge in [0.2, 0.25) is 0 Å². The lowest BCUT2D eigenvalue weighted by Gasteiger charge is -2.13. The lowest BCUT2D eigenvalue weighted by molar-refractivity contribution is -0.123. The molecule has 4 aromatic rings. The predicted molar refractivity (Wildman–Crippen MR) is 135 cm³/mol. The zero-order valence-corrected chi connectivity index (χ0v) is 20.0. The highest BCUT2D eigenvalue weighted by Gasteiger charge is 2.35. The first-order chi connectivity index (χ1) is 16.4. The minimum Gasteiger partial charge on any atom is -0.342 e. The van der Waals surface area contributed by atoms with Crippen molar-refractivity contribution in [3.8, 4) is 0 Å². The van der Waals surface area contributed by atoms with E-state index in [9.17, 15) is 14.0 Å². The summed E-state index contributed by atoms with van der Waals surface area (Å²) >= 11 is 13.1. The lowest BCUT2D eigenvalue weighted by Crippen LogP contribution is -2.27. The Kier molecular flexibility index (Phi) is 6.21. The van der Waals surface area contributed by atoms with E-state index in [4.69, 9.17) is 23.2 Å². The molecule has 0 unspecified atom stereocenters. The van der Waals surface area contributed by atoms with E-state index in [-0.39, 0.29) is 16.8 Å². The molecule has 5 rings (SSSR count). The van der Waals surface area contributed by atoms with Crippen LogP contribution in [0.3, 0.4) is 0 Å². The van der Waals surface area contributed by atoms with Crippen molar-refractivity contribution in [2.45, 2.75) is 13.1 Å². The summed E-state index contributed by atoms with van der Waals surface area (Å²) in [6.07, 6.45) is 3.71. The highest BCUT2D eigenvalue weighted by atomic mass is 35.5. The summed E-state index contributed by atoms with van der Waals surface area (Å²) in [5, 5.41) is 1.42. The van der Waals surface area contributed by atoms with Crippen LogP contribution in [-0.4, -0.2) is 20.6 Å². The molecule has 170 valence electrons. The highest BCUT2D eigenvalue weighted by molar-refractivity contribution is 8.18. The SMILES string of the molecule is O=C1S/C(=C\c2cn(Cc3cccc(Cl)c3)c3ccccc23)C(=O)N1Cc1ccc(F)cc1Cl. The molecular weight excluding hydrogens is 494 g/mol. The second kappa shape index (κ2) is 9.29. The van der Waals surface area contributed by atoms with Crippen molar-refractivity contribution in [3.05, 3.63) is 110 Å². The molecule has 0 spiro atoms. The summed E-state index contributed by atoms with van der Waals surface area (Å²) < 4.78 is 15.4. The second-order valence-electron chi connectivity index (χ2n) is 7.86. The Balaban J connectivity index is 1.46. The number of hydrogen-bond donors (Lipinski definition) is 0. The maximum absolute atomic E-state index is 13.4. The fourth-order valence-corrected chi connectivity index (χ4v) is 5.22. The van der Waals surface area contributed by atoms with Crippen LogP contribution in [0.2, 0.25) is 10.0 Å². The Morgan fingerprint density at radius 2 is 1.76 bits per heavy atom. The summed E-state index contributed by atoms with van der Waals surface area (Å²) in [6.45, 7) is 0.594. The molecule has 2 amide bonds. The number of halogens is 3. The fraction of sp³-hybridized carbons (Fsp3) is 0.0769. The minimum atomic E-state index is -0.475. The average Bonchev–Trinajstić information content (AvgIpc) is 3.27. The number of amides is 2. The van der Waals surface area contributed by atoms with Crippen LogP contribution in [0.15, 0.2) is 77.8 Å². The molecule has 0 aliphatic carbocycles. The van der Waals surface area contributed by atoms with Gasteiger partial charge in [-0.05, 0) is 59.3 Å². The summed E-state index contributed by atoms with van der Waals surface area (Å²) in [5.41, 5.74) is 3.40. The third kappa shape index (κ3) is 4.49. The standard InChI is InChI=1S/C26H17Cl2FN2O2S/c27-19-5-3-4-16(10-19)13-30-14-18(21-6-1-2-7-23(21)30)11-24-25(32)31(26(33)34-24)15-17-8-9-20(29)12-22(17)28/h1-12,14H,13,15H2/b24-11-. The number of rotatable bonds is 5. The van der Waals surface area contributed by atoms with Gasteiger partial charge in [0.15, 0.2) is 0 Å². The molecular formula is C26H17Cl2FN2O2S. The van der Waals surface area contributed by atoms with Crippen molar-refractivity contribution in [3.63, 3.8) is 0 Å². The number of fused-ring (bicyclic) bond motifs is 1. The molecule has 0 saturated carbocycles. The van der Waals surface area contributed by atoms with E-state index in [2.05, 4.69) is 4.57 Å². The molecule has 8 heteroatoms. The summed E-state index contributed by atoms with van der Waals surface area (Å²) in [5.74, 6) is -0.876. The van der Waals surface area contributed by atoms with E-state index in [1.165, 1.54) is 18.2 Å². The van der Waals surface area contributed by atoms with Gasteiger partial charge in [0.05, 0.1) is 11.4 Å². The van der Waals surface area contributed by atoms with Gasteiger partial charge in [-0.15, -0.1) is 0 Å². The molecule has 0 bridgehead atoms. The Morgan fingerprint density at radius 3 is 2.56 bits per heavy atom. The third-order valence-corrected chi connectivity index (χ3v) is 7.06. The van der Waals surface area contributed by atoms with Crippen molar-refractivity contribution in [1.82, 2.24) is 9.47 Å². The number of imide groups is 1. The molecule has 1 saturated heterocycles. The topological polar surface area (TPSA) is 42.3 Å². The van der Waals surface area contributed by atoms with Gasteiger partial charge in [-0.25, -0.2) is 4.39 Å². The van der Waals surface area contributed by atoms with Crippen LogP contribution in [0.25, 0.3) is 17.0 Å². The molecule has 1 aliphatic heterocycles. The number of hydrogen-bond acceptors (Lipinski definition) is 3. The maximum Gasteiger partial charge on any atom is 0.293 e. The van der Waals surface area contributed by atoms with Gasteiger partial charge in [-0.3, -0.25) is 14.5 Å². The smallest absolute Gasteiger partial charge is 0.293 e. The van der Waals surface area contributed by atoms with Gasteiger partial charge in [-0.2, -0.15) is 0 Å². The third-order valence-electron chi connectivity index (χ3n) is 5.57. The van der Waals surface area contributed by atoms with Crippen LogP contribution in [0.5, 0.6) is 0 Å². The van der Waals surface area contributed by atoms with Gasteiger partial charge in [0.25, 0.3) is 11.1 Å². The van der Waals surface area contributed by atoms with E-state index >= 15 is 0 Å². The first-order valence-electron chi connectivity index (χ1n) is 10.4. The van der Waals surface area contributed by atoms with Crippen LogP contribution in [-0.2, 0) is 17.9 Å².